The molecule has 0 aliphatic rings. The number of nitrogens with two attached hydrogens (primary N) is 1. The topological polar surface area (TPSA) is 53.1 Å². The highest BCUT2D eigenvalue weighted by Gasteiger charge is 2.17. The summed E-state index contributed by atoms with van der Waals surface area (Å²) in [5.41, 5.74) is 5.43. The Labute approximate surface area is 69.1 Å². The fraction of sp³-hybridized carbons (Fsp3) is 0.875. The Morgan fingerprint density at radius 2 is 2.00 bits per heavy atom. The third-order valence-corrected chi connectivity index (χ3v) is 2.05. The Morgan fingerprint density at radius 3 is 2.09 bits per heavy atom. The van der Waals surface area contributed by atoms with Gasteiger partial charge in [0.2, 0.25) is 0 Å². The monoisotopic (exact) mass is 157 g/mol. The molecule has 3 nitrogen and oxygen atoms in total. The van der Waals surface area contributed by atoms with E-state index in [1.165, 1.54) is 0 Å². The molecule has 0 aliphatic carbocycles. The van der Waals surface area contributed by atoms with Gasteiger partial charge in [0.25, 0.3) is 0 Å². The Bertz CT molecular complexity index is 131. The Hall–Kier alpha value is -0.570. The maximum absolute atomic E-state index is 7.31. The fourth-order valence-corrected chi connectivity index (χ4v) is 1.09. The second kappa shape index (κ2) is 4.34. The van der Waals surface area contributed by atoms with Gasteiger partial charge >= 0.3 is 0 Å². The average molecular weight is 157 g/mol. The SMILES string of the molecule is CCC(C(=N)N)N(C)C(C)C. The fourth-order valence-electron chi connectivity index (χ4n) is 1.09. The summed E-state index contributed by atoms with van der Waals surface area (Å²) in [6, 6.07) is 0.554. The predicted octanol–water partition coefficient (Wildman–Crippen LogP) is 1.04. The smallest absolute Gasteiger partial charge is 0.108 e. The van der Waals surface area contributed by atoms with Crippen LogP contribution in [0.1, 0.15) is 27.2 Å². The van der Waals surface area contributed by atoms with Crippen molar-refractivity contribution in [2.75, 3.05) is 7.05 Å². The molecule has 0 radical (unpaired) electrons. The van der Waals surface area contributed by atoms with E-state index in [0.717, 1.165) is 6.42 Å². The van der Waals surface area contributed by atoms with Gasteiger partial charge in [0.05, 0.1) is 6.04 Å². The number of nitrogens with one attached hydrogen (secondary N) is 1. The number of rotatable bonds is 4. The van der Waals surface area contributed by atoms with Crippen molar-refractivity contribution in [3.05, 3.63) is 0 Å². The minimum Gasteiger partial charge on any atom is -0.386 e. The molecule has 0 aromatic carbocycles. The third-order valence-electron chi connectivity index (χ3n) is 2.05. The highest BCUT2D eigenvalue weighted by molar-refractivity contribution is 5.82. The van der Waals surface area contributed by atoms with Crippen molar-refractivity contribution < 1.29 is 0 Å². The van der Waals surface area contributed by atoms with Gasteiger partial charge in [0, 0.05) is 6.04 Å². The lowest BCUT2D eigenvalue weighted by Gasteiger charge is -2.29. The number of likely N-dealkylation sites (N-methyl/N-ethyl adjacent to an activating group) is 1. The Kier molecular flexibility index (Phi) is 4.11. The molecule has 0 heterocycles. The van der Waals surface area contributed by atoms with E-state index in [4.69, 9.17) is 11.1 Å². The molecule has 3 heteroatoms. The zero-order valence-corrected chi connectivity index (χ0v) is 7.89. The van der Waals surface area contributed by atoms with Crippen molar-refractivity contribution >= 4 is 5.84 Å². The van der Waals surface area contributed by atoms with Crippen LogP contribution in [0.4, 0.5) is 0 Å². The number of hydrogen-bond donors (Lipinski definition) is 2. The zero-order valence-electron chi connectivity index (χ0n) is 7.89. The van der Waals surface area contributed by atoms with Gasteiger partial charge in [-0.2, -0.15) is 0 Å². The van der Waals surface area contributed by atoms with Crippen LogP contribution in [0.5, 0.6) is 0 Å². The van der Waals surface area contributed by atoms with Crippen molar-refractivity contribution in [1.29, 1.82) is 5.41 Å². The molecule has 0 aromatic rings. The molecule has 0 bridgehead atoms. The standard InChI is InChI=1S/C8H19N3/c1-5-7(8(9)10)11(4)6(2)3/h6-7H,5H2,1-4H3,(H3,9,10). The largest absolute Gasteiger partial charge is 0.386 e. The maximum atomic E-state index is 7.31. The van der Waals surface area contributed by atoms with Crippen LogP contribution in [0.15, 0.2) is 0 Å². The molecule has 0 rings (SSSR count). The molecule has 11 heavy (non-hydrogen) atoms. The first-order valence-electron chi connectivity index (χ1n) is 4.06. The van der Waals surface area contributed by atoms with E-state index in [1.54, 1.807) is 0 Å². The van der Waals surface area contributed by atoms with E-state index >= 15 is 0 Å². The summed E-state index contributed by atoms with van der Waals surface area (Å²) < 4.78 is 0. The Morgan fingerprint density at radius 1 is 1.55 bits per heavy atom. The lowest BCUT2D eigenvalue weighted by atomic mass is 10.1. The molecular formula is C8H19N3. The van der Waals surface area contributed by atoms with E-state index in [9.17, 15) is 0 Å². The summed E-state index contributed by atoms with van der Waals surface area (Å²) in [5, 5.41) is 7.31. The van der Waals surface area contributed by atoms with Crippen molar-refractivity contribution in [3.63, 3.8) is 0 Å². The average Bonchev–Trinajstić information content (AvgIpc) is 1.88. The van der Waals surface area contributed by atoms with Crippen LogP contribution in [0, 0.1) is 5.41 Å². The Balaban J connectivity index is 4.14. The van der Waals surface area contributed by atoms with Gasteiger partial charge in [-0.15, -0.1) is 0 Å². The van der Waals surface area contributed by atoms with Crippen LogP contribution < -0.4 is 5.73 Å². The summed E-state index contributed by atoms with van der Waals surface area (Å²) in [6.45, 7) is 6.25. The summed E-state index contributed by atoms with van der Waals surface area (Å²) in [5.74, 6) is 0.267. The van der Waals surface area contributed by atoms with Crippen LogP contribution in [-0.4, -0.2) is 29.9 Å². The summed E-state index contributed by atoms with van der Waals surface area (Å²) in [6.07, 6.45) is 0.907. The molecule has 66 valence electrons. The van der Waals surface area contributed by atoms with E-state index in [0.29, 0.717) is 6.04 Å². The molecule has 0 saturated heterocycles. The highest BCUT2D eigenvalue weighted by atomic mass is 15.2. The van der Waals surface area contributed by atoms with Gasteiger partial charge in [-0.25, -0.2) is 0 Å². The highest BCUT2D eigenvalue weighted by Crippen LogP contribution is 2.04. The van der Waals surface area contributed by atoms with E-state index in [1.807, 2.05) is 14.0 Å². The van der Waals surface area contributed by atoms with Crippen LogP contribution in [0.3, 0.4) is 0 Å². The summed E-state index contributed by atoms with van der Waals surface area (Å²) in [4.78, 5) is 2.11. The van der Waals surface area contributed by atoms with Gasteiger partial charge in [0.15, 0.2) is 0 Å². The second-order valence-corrected chi connectivity index (χ2v) is 3.14. The van der Waals surface area contributed by atoms with Crippen LogP contribution in [0.25, 0.3) is 0 Å². The minimum atomic E-state index is 0.106. The van der Waals surface area contributed by atoms with Gasteiger partial charge in [-0.3, -0.25) is 10.3 Å². The van der Waals surface area contributed by atoms with Crippen LogP contribution in [0.2, 0.25) is 0 Å². The quantitative estimate of drug-likeness (QED) is 0.473. The first kappa shape index (κ1) is 10.4. The van der Waals surface area contributed by atoms with Gasteiger partial charge in [-0.1, -0.05) is 6.92 Å². The van der Waals surface area contributed by atoms with Gasteiger partial charge in [-0.05, 0) is 27.3 Å². The summed E-state index contributed by atoms with van der Waals surface area (Å²) >= 11 is 0. The zero-order chi connectivity index (χ0) is 9.02. The third kappa shape index (κ3) is 2.89. The number of amidine groups is 1. The number of nitrogens with zero attached hydrogens (tertiary/aromatic N) is 1. The summed E-state index contributed by atoms with van der Waals surface area (Å²) in [7, 11) is 2.00. The van der Waals surface area contributed by atoms with Crippen LogP contribution in [-0.2, 0) is 0 Å². The molecule has 0 aromatic heterocycles. The lowest BCUT2D eigenvalue weighted by molar-refractivity contribution is 0.235. The molecule has 3 N–H and O–H groups in total. The second-order valence-electron chi connectivity index (χ2n) is 3.14. The molecule has 0 amide bonds. The molecule has 0 aliphatic heterocycles. The van der Waals surface area contributed by atoms with Crippen LogP contribution >= 0.6 is 0 Å². The van der Waals surface area contributed by atoms with Gasteiger partial charge in [0.1, 0.15) is 5.84 Å². The van der Waals surface area contributed by atoms with Crippen molar-refractivity contribution in [2.45, 2.75) is 39.3 Å². The van der Waals surface area contributed by atoms with E-state index < -0.39 is 0 Å². The molecule has 0 fully saturated rings. The predicted molar refractivity (Wildman–Crippen MR) is 48.9 cm³/mol. The normalized spacial score (nSPS) is 14.0. The maximum Gasteiger partial charge on any atom is 0.108 e. The van der Waals surface area contributed by atoms with Crippen molar-refractivity contribution in [1.82, 2.24) is 4.90 Å². The van der Waals surface area contributed by atoms with E-state index in [-0.39, 0.29) is 11.9 Å². The number of hydrogen-bond acceptors (Lipinski definition) is 2. The molecular weight excluding hydrogens is 138 g/mol. The first-order chi connectivity index (χ1) is 5.00. The molecule has 0 spiro atoms. The molecule has 1 unspecified atom stereocenters. The van der Waals surface area contributed by atoms with E-state index in [2.05, 4.69) is 18.7 Å². The lowest BCUT2D eigenvalue weighted by Crippen LogP contribution is -2.44. The van der Waals surface area contributed by atoms with Crippen molar-refractivity contribution in [3.8, 4) is 0 Å². The molecule has 1 atom stereocenters. The molecule has 0 saturated carbocycles. The van der Waals surface area contributed by atoms with Crippen molar-refractivity contribution in [2.24, 2.45) is 5.73 Å². The first-order valence-corrected chi connectivity index (χ1v) is 4.06. The minimum absolute atomic E-state index is 0.106. The van der Waals surface area contributed by atoms with Gasteiger partial charge < -0.3 is 5.73 Å².